The van der Waals surface area contributed by atoms with Gasteiger partial charge in [-0.3, -0.25) is 9.59 Å². The van der Waals surface area contributed by atoms with E-state index >= 15 is 0 Å². The first-order chi connectivity index (χ1) is 12.5. The topological polar surface area (TPSA) is 43.4 Å². The molecule has 1 aliphatic carbocycles. The van der Waals surface area contributed by atoms with E-state index in [0.717, 1.165) is 22.3 Å². The van der Waals surface area contributed by atoms with E-state index in [0.29, 0.717) is 23.3 Å². The average Bonchev–Trinajstić information content (AvgIpc) is 2.62. The van der Waals surface area contributed by atoms with Crippen molar-refractivity contribution in [3.8, 4) is 0 Å². The highest BCUT2D eigenvalue weighted by Crippen LogP contribution is 2.42. The summed E-state index contributed by atoms with van der Waals surface area (Å²) < 4.78 is 5.79. The fraction of sp³-hybridized carbons (Fsp3) is 0.217. The molecule has 0 spiro atoms. The first-order valence-corrected chi connectivity index (χ1v) is 8.85. The molecule has 2 aromatic rings. The lowest BCUT2D eigenvalue weighted by atomic mass is 9.78. The Balaban J connectivity index is 1.93. The second-order valence-electron chi connectivity index (χ2n) is 7.20. The van der Waals surface area contributed by atoms with Gasteiger partial charge in [-0.05, 0) is 47.6 Å². The second kappa shape index (κ2) is 6.10. The van der Waals surface area contributed by atoms with Gasteiger partial charge in [0.1, 0.15) is 5.76 Å². The Labute approximate surface area is 153 Å². The number of Topliss-reactive ketones (excluding diaryl/α,β-unsaturated/α-hetero) is 2. The van der Waals surface area contributed by atoms with Gasteiger partial charge in [0.15, 0.2) is 0 Å². The van der Waals surface area contributed by atoms with Crippen molar-refractivity contribution in [3.63, 3.8) is 0 Å². The minimum atomic E-state index is -0.446. The Morgan fingerprint density at radius 1 is 0.923 bits per heavy atom. The molecule has 130 valence electrons. The number of rotatable bonds is 3. The van der Waals surface area contributed by atoms with Crippen molar-refractivity contribution < 1.29 is 14.3 Å². The largest absolute Gasteiger partial charge is 0.464 e. The molecule has 0 unspecified atom stereocenters. The zero-order valence-corrected chi connectivity index (χ0v) is 15.1. The van der Waals surface area contributed by atoms with E-state index in [2.05, 4.69) is 18.2 Å². The van der Waals surface area contributed by atoms with E-state index in [1.165, 1.54) is 5.56 Å². The lowest BCUT2D eigenvalue weighted by Gasteiger charge is -2.28. The fourth-order valence-electron chi connectivity index (χ4n) is 3.71. The molecule has 4 rings (SSSR count). The molecular formula is C23H20O3. The molecule has 3 heteroatoms. The standard InChI is InChI=1S/C23H20O3/c1-13(2)19-22(25)21(24)18-11-16(9-15-7-5-4-6-8-15)10-17-14(3)12-26-23(19)20(17)18/h4-8,10-13H,9H2,1-3H3. The van der Waals surface area contributed by atoms with E-state index in [4.69, 9.17) is 4.74 Å². The fourth-order valence-corrected chi connectivity index (χ4v) is 3.71. The van der Waals surface area contributed by atoms with Crippen LogP contribution in [0.25, 0.3) is 11.3 Å². The van der Waals surface area contributed by atoms with Gasteiger partial charge in [0.05, 0.1) is 6.26 Å². The van der Waals surface area contributed by atoms with E-state index in [-0.39, 0.29) is 5.92 Å². The number of carbonyl (C=O) groups excluding carboxylic acids is 2. The van der Waals surface area contributed by atoms with Crippen molar-refractivity contribution in [2.45, 2.75) is 27.2 Å². The Morgan fingerprint density at radius 3 is 2.31 bits per heavy atom. The summed E-state index contributed by atoms with van der Waals surface area (Å²) in [7, 11) is 0. The molecular weight excluding hydrogens is 324 g/mol. The molecule has 0 fully saturated rings. The van der Waals surface area contributed by atoms with Gasteiger partial charge in [-0.15, -0.1) is 0 Å². The van der Waals surface area contributed by atoms with Crippen molar-refractivity contribution in [1.29, 1.82) is 0 Å². The maximum absolute atomic E-state index is 12.8. The molecule has 0 amide bonds. The molecule has 3 nitrogen and oxygen atoms in total. The maximum Gasteiger partial charge on any atom is 0.234 e. The molecule has 0 saturated heterocycles. The van der Waals surface area contributed by atoms with Gasteiger partial charge in [0.2, 0.25) is 11.6 Å². The van der Waals surface area contributed by atoms with Crippen molar-refractivity contribution in [2.75, 3.05) is 0 Å². The summed E-state index contributed by atoms with van der Waals surface area (Å²) in [5, 5.41) is 0. The normalized spacial score (nSPS) is 15.8. The van der Waals surface area contributed by atoms with E-state index in [1.54, 1.807) is 6.26 Å². The first kappa shape index (κ1) is 16.5. The number of ketones is 2. The van der Waals surface area contributed by atoms with Crippen LogP contribution in [-0.2, 0) is 16.0 Å². The number of allylic oxidation sites excluding steroid dienone is 2. The zero-order valence-electron chi connectivity index (χ0n) is 15.1. The Morgan fingerprint density at radius 2 is 1.62 bits per heavy atom. The van der Waals surface area contributed by atoms with Crippen LogP contribution in [0.4, 0.5) is 0 Å². The van der Waals surface area contributed by atoms with Gasteiger partial charge >= 0.3 is 0 Å². The zero-order chi connectivity index (χ0) is 18.4. The molecule has 1 aliphatic heterocycles. The second-order valence-corrected chi connectivity index (χ2v) is 7.20. The van der Waals surface area contributed by atoms with Crippen LogP contribution in [0.1, 0.15) is 53.4 Å². The van der Waals surface area contributed by atoms with Crippen LogP contribution in [0.3, 0.4) is 0 Å². The predicted molar refractivity (Wildman–Crippen MR) is 102 cm³/mol. The molecule has 1 heterocycles. The molecule has 2 aromatic carbocycles. The van der Waals surface area contributed by atoms with Crippen LogP contribution in [-0.4, -0.2) is 11.6 Å². The molecule has 26 heavy (non-hydrogen) atoms. The summed E-state index contributed by atoms with van der Waals surface area (Å²) in [6.45, 7) is 5.79. The van der Waals surface area contributed by atoms with Gasteiger partial charge in [-0.25, -0.2) is 0 Å². The summed E-state index contributed by atoms with van der Waals surface area (Å²) in [4.78, 5) is 25.5. The van der Waals surface area contributed by atoms with Gasteiger partial charge in [0.25, 0.3) is 0 Å². The third-order valence-electron chi connectivity index (χ3n) is 4.97. The van der Waals surface area contributed by atoms with E-state index < -0.39 is 11.6 Å². The monoisotopic (exact) mass is 344 g/mol. The van der Waals surface area contributed by atoms with Gasteiger partial charge in [-0.1, -0.05) is 50.2 Å². The molecule has 0 aromatic heterocycles. The van der Waals surface area contributed by atoms with Crippen LogP contribution >= 0.6 is 0 Å². The highest BCUT2D eigenvalue weighted by Gasteiger charge is 2.38. The lowest BCUT2D eigenvalue weighted by Crippen LogP contribution is -2.28. The van der Waals surface area contributed by atoms with Crippen LogP contribution < -0.4 is 0 Å². The van der Waals surface area contributed by atoms with Gasteiger partial charge < -0.3 is 4.74 Å². The number of hydrogen-bond donors (Lipinski definition) is 0. The van der Waals surface area contributed by atoms with Gasteiger partial charge in [0, 0.05) is 16.7 Å². The SMILES string of the molecule is CC1=COC2=C(C(C)C)C(=O)C(=O)c3cc(Cc4ccccc4)cc1c32. The number of carbonyl (C=O) groups is 2. The highest BCUT2D eigenvalue weighted by atomic mass is 16.5. The first-order valence-electron chi connectivity index (χ1n) is 8.85. The van der Waals surface area contributed by atoms with Gasteiger partial charge in [-0.2, -0.15) is 0 Å². The number of hydrogen-bond acceptors (Lipinski definition) is 3. The average molecular weight is 344 g/mol. The van der Waals surface area contributed by atoms with E-state index in [1.807, 2.05) is 45.0 Å². The van der Waals surface area contributed by atoms with Crippen molar-refractivity contribution in [2.24, 2.45) is 5.92 Å². The Bertz CT molecular complexity index is 992. The summed E-state index contributed by atoms with van der Waals surface area (Å²) in [5.74, 6) is -0.398. The van der Waals surface area contributed by atoms with Crippen molar-refractivity contribution >= 4 is 22.9 Å². The molecule has 0 atom stereocenters. The Kier molecular flexibility index (Phi) is 3.87. The number of ether oxygens (including phenoxy) is 1. The molecule has 2 aliphatic rings. The minimum absolute atomic E-state index is 0.0711. The molecule has 0 radical (unpaired) electrons. The Hall–Kier alpha value is -2.94. The lowest BCUT2D eigenvalue weighted by molar-refractivity contribution is -0.112. The number of benzene rings is 2. The molecule has 0 N–H and O–H groups in total. The van der Waals surface area contributed by atoms with Crippen LogP contribution in [0.5, 0.6) is 0 Å². The highest BCUT2D eigenvalue weighted by molar-refractivity contribution is 6.52. The minimum Gasteiger partial charge on any atom is -0.464 e. The summed E-state index contributed by atoms with van der Waals surface area (Å²) in [5.41, 5.74) is 5.84. The summed E-state index contributed by atoms with van der Waals surface area (Å²) >= 11 is 0. The molecule has 0 saturated carbocycles. The van der Waals surface area contributed by atoms with Crippen LogP contribution in [0.15, 0.2) is 54.3 Å². The van der Waals surface area contributed by atoms with Crippen LogP contribution in [0, 0.1) is 5.92 Å². The predicted octanol–water partition coefficient (Wildman–Crippen LogP) is 4.80. The summed E-state index contributed by atoms with van der Waals surface area (Å²) in [6, 6.07) is 14.1. The molecule has 0 bridgehead atoms. The maximum atomic E-state index is 12.8. The van der Waals surface area contributed by atoms with E-state index in [9.17, 15) is 9.59 Å². The third-order valence-corrected chi connectivity index (χ3v) is 4.97. The van der Waals surface area contributed by atoms with Crippen molar-refractivity contribution in [1.82, 2.24) is 0 Å². The smallest absolute Gasteiger partial charge is 0.234 e. The van der Waals surface area contributed by atoms with Crippen molar-refractivity contribution in [3.05, 3.63) is 82.1 Å². The quantitative estimate of drug-likeness (QED) is 0.751. The van der Waals surface area contributed by atoms with Crippen LogP contribution in [0.2, 0.25) is 0 Å². The third kappa shape index (κ3) is 2.51. The summed E-state index contributed by atoms with van der Waals surface area (Å²) in [6.07, 6.45) is 2.39.